The number of nitrogens with two attached hydrogens (primary N) is 1. The van der Waals surface area contributed by atoms with Gasteiger partial charge in [0.05, 0.1) is 13.2 Å². The Bertz CT molecular complexity index is 1270. The number of rotatable bonds is 37. The highest BCUT2D eigenvalue weighted by Crippen LogP contribution is 2.43. The Labute approximate surface area is 337 Å². The Hall–Kier alpha value is -3.34. The summed E-state index contributed by atoms with van der Waals surface area (Å²) in [6.07, 6.45) is 46.5. The van der Waals surface area contributed by atoms with Crippen molar-refractivity contribution in [3.8, 4) is 0 Å². The van der Waals surface area contributed by atoms with Gasteiger partial charge in [-0.05, 0) is 77.0 Å². The van der Waals surface area contributed by atoms with Crippen LogP contribution in [-0.2, 0) is 37.5 Å². The van der Waals surface area contributed by atoms with E-state index < -0.39 is 51.1 Å². The number of carbonyl (C=O) groups excluding carboxylic acids is 2. The van der Waals surface area contributed by atoms with Gasteiger partial charge in [0, 0.05) is 12.8 Å². The molecule has 0 aromatic carbocycles. The lowest BCUT2D eigenvalue weighted by Crippen LogP contribution is -2.34. The Morgan fingerprint density at radius 1 is 0.589 bits per heavy atom. The van der Waals surface area contributed by atoms with Gasteiger partial charge in [-0.15, -0.1) is 0 Å². The monoisotopic (exact) mass is 805 g/mol. The van der Waals surface area contributed by atoms with Gasteiger partial charge in [-0.3, -0.25) is 23.4 Å². The van der Waals surface area contributed by atoms with Crippen molar-refractivity contribution >= 4 is 25.7 Å². The SMILES string of the molecule is CC/C=C/C/C=C/C/C=C/C/C=C/C/C=C/CCCC(=O)O[C@H](COC(=O)CCCCCCC/C=C/C=C/CCCCCC)COP(=O)(O)OC[C@H](N)C(=O)O. The van der Waals surface area contributed by atoms with Crippen LogP contribution in [0.3, 0.4) is 0 Å². The van der Waals surface area contributed by atoms with Crippen molar-refractivity contribution in [3.05, 3.63) is 85.1 Å². The molecule has 0 heterocycles. The van der Waals surface area contributed by atoms with Gasteiger partial charge < -0.3 is 25.2 Å². The fourth-order valence-electron chi connectivity index (χ4n) is 4.91. The number of hydrogen-bond donors (Lipinski definition) is 3. The second-order valence-corrected chi connectivity index (χ2v) is 14.9. The molecule has 0 rings (SSSR count). The van der Waals surface area contributed by atoms with Crippen LogP contribution in [-0.4, -0.2) is 59.9 Å². The predicted molar refractivity (Wildman–Crippen MR) is 226 cm³/mol. The van der Waals surface area contributed by atoms with Crippen molar-refractivity contribution in [1.82, 2.24) is 0 Å². The van der Waals surface area contributed by atoms with Crippen LogP contribution in [0.4, 0.5) is 0 Å². The molecule has 0 amide bonds. The molecular formula is C44H72NO10P. The summed E-state index contributed by atoms with van der Waals surface area (Å²) in [5.74, 6) is -2.49. The number of carboxylic acids is 1. The molecule has 0 radical (unpaired) electrons. The summed E-state index contributed by atoms with van der Waals surface area (Å²) < 4.78 is 32.6. The lowest BCUT2D eigenvalue weighted by Gasteiger charge is -2.20. The average Bonchev–Trinajstić information content (AvgIpc) is 3.17. The molecule has 0 saturated carbocycles. The third-order valence-electron chi connectivity index (χ3n) is 8.16. The molecule has 11 nitrogen and oxygen atoms in total. The summed E-state index contributed by atoms with van der Waals surface area (Å²) in [7, 11) is -4.74. The number of ether oxygens (including phenoxy) is 2. The molecule has 0 spiro atoms. The lowest BCUT2D eigenvalue weighted by atomic mass is 10.1. The van der Waals surface area contributed by atoms with Crippen molar-refractivity contribution < 1.29 is 47.5 Å². The average molecular weight is 806 g/mol. The maximum Gasteiger partial charge on any atom is 0.472 e. The van der Waals surface area contributed by atoms with Gasteiger partial charge in [-0.2, -0.15) is 0 Å². The highest BCUT2D eigenvalue weighted by Gasteiger charge is 2.28. The zero-order valence-electron chi connectivity index (χ0n) is 34.2. The van der Waals surface area contributed by atoms with E-state index in [1.165, 1.54) is 25.7 Å². The minimum atomic E-state index is -4.74. The van der Waals surface area contributed by atoms with Gasteiger partial charge in [-0.25, -0.2) is 4.57 Å². The zero-order chi connectivity index (χ0) is 41.4. The summed E-state index contributed by atoms with van der Waals surface area (Å²) in [6.45, 7) is 2.57. The van der Waals surface area contributed by atoms with Gasteiger partial charge in [0.1, 0.15) is 12.6 Å². The first-order valence-corrected chi connectivity index (χ1v) is 22.1. The van der Waals surface area contributed by atoms with Crippen LogP contribution in [0.5, 0.6) is 0 Å². The van der Waals surface area contributed by atoms with Gasteiger partial charge in [0.25, 0.3) is 0 Å². The molecule has 0 aromatic rings. The van der Waals surface area contributed by atoms with Crippen molar-refractivity contribution in [1.29, 1.82) is 0 Å². The molecule has 12 heteroatoms. The number of esters is 2. The maximum atomic E-state index is 12.6. The van der Waals surface area contributed by atoms with E-state index in [0.717, 1.165) is 70.6 Å². The Morgan fingerprint density at radius 2 is 1.07 bits per heavy atom. The molecule has 0 aliphatic heterocycles. The summed E-state index contributed by atoms with van der Waals surface area (Å²) in [5.41, 5.74) is 5.32. The topological polar surface area (TPSA) is 172 Å². The van der Waals surface area contributed by atoms with Crippen molar-refractivity contribution in [2.24, 2.45) is 5.73 Å². The number of carboxylic acid groups (broad SMARTS) is 1. The van der Waals surface area contributed by atoms with Crippen LogP contribution in [0.2, 0.25) is 0 Å². The smallest absolute Gasteiger partial charge is 0.472 e. The molecule has 3 atom stereocenters. The van der Waals surface area contributed by atoms with Gasteiger partial charge >= 0.3 is 25.7 Å². The van der Waals surface area contributed by atoms with Crippen LogP contribution < -0.4 is 5.73 Å². The predicted octanol–water partition coefficient (Wildman–Crippen LogP) is 10.7. The van der Waals surface area contributed by atoms with E-state index in [-0.39, 0.29) is 19.4 Å². The second kappa shape index (κ2) is 38.5. The molecule has 0 bridgehead atoms. The fraction of sp³-hybridized carbons (Fsp3) is 0.614. The number of hydrogen-bond acceptors (Lipinski definition) is 9. The summed E-state index contributed by atoms with van der Waals surface area (Å²) in [5, 5.41) is 8.88. The third kappa shape index (κ3) is 37.6. The first-order valence-electron chi connectivity index (χ1n) is 20.6. The molecule has 0 fully saturated rings. The van der Waals surface area contributed by atoms with Crippen LogP contribution in [0.25, 0.3) is 0 Å². The molecule has 56 heavy (non-hydrogen) atoms. The number of aliphatic carboxylic acids is 1. The van der Waals surface area contributed by atoms with E-state index in [2.05, 4.69) is 91.3 Å². The number of phosphoric ester groups is 1. The number of unbranched alkanes of at least 4 members (excludes halogenated alkanes) is 10. The number of phosphoric acid groups is 1. The Morgan fingerprint density at radius 3 is 1.64 bits per heavy atom. The Balaban J connectivity index is 4.55. The minimum Gasteiger partial charge on any atom is -0.480 e. The van der Waals surface area contributed by atoms with E-state index in [9.17, 15) is 23.8 Å². The zero-order valence-corrected chi connectivity index (χ0v) is 35.1. The molecule has 1 unspecified atom stereocenters. The number of allylic oxidation sites excluding steroid dienone is 14. The van der Waals surface area contributed by atoms with E-state index >= 15 is 0 Å². The van der Waals surface area contributed by atoms with Crippen LogP contribution in [0, 0.1) is 0 Å². The highest BCUT2D eigenvalue weighted by molar-refractivity contribution is 7.47. The molecule has 0 aromatic heterocycles. The quantitative estimate of drug-likeness (QED) is 0.0179. The van der Waals surface area contributed by atoms with Crippen LogP contribution >= 0.6 is 7.82 Å². The first-order chi connectivity index (χ1) is 27.1. The van der Waals surface area contributed by atoms with Gasteiger partial charge in [-0.1, -0.05) is 137 Å². The fourth-order valence-corrected chi connectivity index (χ4v) is 5.69. The Kier molecular flexibility index (Phi) is 36.2. The van der Waals surface area contributed by atoms with Gasteiger partial charge in [0.15, 0.2) is 6.10 Å². The second-order valence-electron chi connectivity index (χ2n) is 13.4. The summed E-state index contributed by atoms with van der Waals surface area (Å²) in [4.78, 5) is 45.9. The van der Waals surface area contributed by atoms with Gasteiger partial charge in [0.2, 0.25) is 0 Å². The third-order valence-corrected chi connectivity index (χ3v) is 9.11. The normalized spacial score (nSPS) is 14.6. The molecule has 318 valence electrons. The standard InChI is InChI=1S/C44H72NO10P/c1-3-5-7-9-11-13-15-17-19-20-22-24-26-28-30-32-34-36-43(47)55-40(38-53-56(50,51)54-39-41(45)44(48)49)37-52-42(46)35-33-31-29-27-25-23-21-18-16-14-12-10-8-6-4-2/h5,7,11,13-14,16-19,21-22,24,28,30,40-41H,3-4,6,8-10,12,15,20,23,25-27,29,31-39,45H2,1-2H3,(H,48,49)(H,50,51)/b7-5+,13-11+,16-14+,19-17+,21-18+,24-22+,30-28+/t40-,41+/m1/s1. The molecular weight excluding hydrogens is 733 g/mol. The van der Waals surface area contributed by atoms with Crippen molar-refractivity contribution in [2.75, 3.05) is 19.8 Å². The molecule has 0 saturated heterocycles. The number of carbonyl (C=O) groups is 3. The molecule has 0 aliphatic rings. The summed E-state index contributed by atoms with van der Waals surface area (Å²) in [6, 6.07) is -1.54. The highest BCUT2D eigenvalue weighted by atomic mass is 31.2. The lowest BCUT2D eigenvalue weighted by molar-refractivity contribution is -0.161. The van der Waals surface area contributed by atoms with E-state index in [0.29, 0.717) is 19.3 Å². The maximum absolute atomic E-state index is 12.6. The first kappa shape index (κ1) is 52.7. The van der Waals surface area contributed by atoms with E-state index in [1.807, 2.05) is 12.2 Å². The minimum absolute atomic E-state index is 0.0745. The van der Waals surface area contributed by atoms with Crippen molar-refractivity contribution in [3.63, 3.8) is 0 Å². The van der Waals surface area contributed by atoms with E-state index in [1.54, 1.807) is 0 Å². The van der Waals surface area contributed by atoms with E-state index in [4.69, 9.17) is 24.8 Å². The molecule has 0 aliphatic carbocycles. The summed E-state index contributed by atoms with van der Waals surface area (Å²) >= 11 is 0. The molecule has 4 N–H and O–H groups in total. The van der Waals surface area contributed by atoms with Crippen LogP contribution in [0.15, 0.2) is 85.1 Å². The largest absolute Gasteiger partial charge is 0.480 e. The van der Waals surface area contributed by atoms with Crippen LogP contribution in [0.1, 0.15) is 142 Å². The van der Waals surface area contributed by atoms with Crippen molar-refractivity contribution in [2.45, 2.75) is 154 Å².